The van der Waals surface area contributed by atoms with Crippen molar-refractivity contribution < 1.29 is 9.53 Å². The molecule has 4 rings (SSSR count). The lowest BCUT2D eigenvalue weighted by molar-refractivity contribution is -0.120. The zero-order valence-electron chi connectivity index (χ0n) is 16.2. The fourth-order valence-corrected chi connectivity index (χ4v) is 3.67. The maximum Gasteiger partial charge on any atom is 0.247 e. The molecule has 0 N–H and O–H groups in total. The van der Waals surface area contributed by atoms with Crippen LogP contribution in [0, 0.1) is 11.3 Å². The first-order chi connectivity index (χ1) is 14.5. The van der Waals surface area contributed by atoms with Crippen LogP contribution in [0.3, 0.4) is 0 Å². The standard InChI is InChI=1S/C21H16ClN5O2S/c1-3-17(28)27-16-9-8-14(22)10-15(16)18-19(24-21(30-2)26-25-18)29-20(27)13-6-4-12(11-23)5-7-13/h4-10,20H,3H2,1-2H3. The van der Waals surface area contributed by atoms with Crippen LogP contribution in [0.2, 0.25) is 5.02 Å². The van der Waals surface area contributed by atoms with Crippen molar-refractivity contribution in [1.29, 1.82) is 5.26 Å². The molecule has 1 aliphatic rings. The molecule has 9 heteroatoms. The molecule has 0 spiro atoms. The van der Waals surface area contributed by atoms with Gasteiger partial charge in [0.05, 0.1) is 17.3 Å². The number of carbonyl (C=O) groups is 1. The molecule has 0 saturated heterocycles. The fourth-order valence-electron chi connectivity index (χ4n) is 3.20. The van der Waals surface area contributed by atoms with Gasteiger partial charge in [0.15, 0.2) is 5.69 Å². The molecule has 0 aliphatic carbocycles. The van der Waals surface area contributed by atoms with Gasteiger partial charge in [0.1, 0.15) is 0 Å². The minimum absolute atomic E-state index is 0.140. The van der Waals surface area contributed by atoms with Gasteiger partial charge in [0, 0.05) is 22.6 Å². The number of rotatable bonds is 3. The van der Waals surface area contributed by atoms with Crippen molar-refractivity contribution >= 4 is 35.0 Å². The van der Waals surface area contributed by atoms with Gasteiger partial charge in [0.2, 0.25) is 23.2 Å². The molecule has 3 aromatic rings. The average molecular weight is 438 g/mol. The second kappa shape index (κ2) is 8.30. The molecule has 150 valence electrons. The van der Waals surface area contributed by atoms with E-state index < -0.39 is 6.23 Å². The second-order valence-corrected chi connectivity index (χ2v) is 7.64. The first kappa shape index (κ1) is 20.1. The largest absolute Gasteiger partial charge is 0.447 e. The highest BCUT2D eigenvalue weighted by Gasteiger charge is 2.35. The summed E-state index contributed by atoms with van der Waals surface area (Å²) in [5.41, 5.74) is 2.85. The number of aromatic nitrogens is 3. The van der Waals surface area contributed by atoms with E-state index in [0.717, 1.165) is 0 Å². The predicted molar refractivity (Wildman–Crippen MR) is 114 cm³/mol. The number of hydrogen-bond donors (Lipinski definition) is 0. The van der Waals surface area contributed by atoms with Crippen LogP contribution in [-0.4, -0.2) is 27.3 Å². The highest BCUT2D eigenvalue weighted by atomic mass is 35.5. The lowest BCUT2D eigenvalue weighted by Gasteiger charge is -2.30. The van der Waals surface area contributed by atoms with Crippen LogP contribution in [-0.2, 0) is 4.79 Å². The number of halogens is 1. The Bertz CT molecular complexity index is 1160. The number of amides is 1. The lowest BCUT2D eigenvalue weighted by atomic mass is 10.1. The number of nitriles is 1. The van der Waals surface area contributed by atoms with E-state index in [1.54, 1.807) is 54.3 Å². The van der Waals surface area contributed by atoms with Crippen molar-refractivity contribution in [3.05, 3.63) is 58.6 Å². The summed E-state index contributed by atoms with van der Waals surface area (Å²) in [6.07, 6.45) is 1.32. The van der Waals surface area contributed by atoms with Crippen molar-refractivity contribution in [1.82, 2.24) is 15.2 Å². The Morgan fingerprint density at radius 1 is 1.27 bits per heavy atom. The van der Waals surface area contributed by atoms with Crippen LogP contribution in [0.1, 0.15) is 30.7 Å². The molecule has 30 heavy (non-hydrogen) atoms. The second-order valence-electron chi connectivity index (χ2n) is 6.44. The summed E-state index contributed by atoms with van der Waals surface area (Å²) in [5.74, 6) is 0.123. The molecule has 1 unspecified atom stereocenters. The smallest absolute Gasteiger partial charge is 0.247 e. The Morgan fingerprint density at radius 3 is 2.70 bits per heavy atom. The van der Waals surface area contributed by atoms with E-state index in [1.807, 2.05) is 6.26 Å². The molecule has 1 aliphatic heterocycles. The van der Waals surface area contributed by atoms with Crippen molar-refractivity contribution in [2.45, 2.75) is 24.7 Å². The molecule has 7 nitrogen and oxygen atoms in total. The number of ether oxygens (including phenoxy) is 1. The van der Waals surface area contributed by atoms with Gasteiger partial charge in [-0.3, -0.25) is 9.69 Å². The van der Waals surface area contributed by atoms with Crippen LogP contribution in [0.15, 0.2) is 47.6 Å². The minimum atomic E-state index is -0.794. The number of benzene rings is 2. The van der Waals surface area contributed by atoms with Gasteiger partial charge in [-0.1, -0.05) is 42.4 Å². The van der Waals surface area contributed by atoms with Crippen molar-refractivity contribution in [2.75, 3.05) is 11.2 Å². The van der Waals surface area contributed by atoms with Gasteiger partial charge in [-0.15, -0.1) is 10.2 Å². The van der Waals surface area contributed by atoms with Crippen molar-refractivity contribution in [3.8, 4) is 23.2 Å². The Labute approximate surface area is 182 Å². The van der Waals surface area contributed by atoms with Crippen molar-refractivity contribution in [3.63, 3.8) is 0 Å². The Hall–Kier alpha value is -3.15. The number of anilines is 1. The zero-order valence-corrected chi connectivity index (χ0v) is 17.7. The highest BCUT2D eigenvalue weighted by Crippen LogP contribution is 2.44. The topological polar surface area (TPSA) is 92.0 Å². The third-order valence-corrected chi connectivity index (χ3v) is 5.42. The molecule has 2 aromatic carbocycles. The third kappa shape index (κ3) is 3.58. The maximum atomic E-state index is 13.0. The van der Waals surface area contributed by atoms with Gasteiger partial charge >= 0.3 is 0 Å². The van der Waals surface area contributed by atoms with Crippen LogP contribution < -0.4 is 9.64 Å². The van der Waals surface area contributed by atoms with E-state index >= 15 is 0 Å². The lowest BCUT2D eigenvalue weighted by Crippen LogP contribution is -2.37. The molecule has 1 atom stereocenters. The molecule has 0 saturated carbocycles. The Kier molecular flexibility index (Phi) is 5.57. The average Bonchev–Trinajstić information content (AvgIpc) is 2.92. The van der Waals surface area contributed by atoms with E-state index in [1.165, 1.54) is 11.8 Å². The van der Waals surface area contributed by atoms with Crippen LogP contribution in [0.5, 0.6) is 5.88 Å². The number of thioether (sulfide) groups is 1. The normalized spacial score (nSPS) is 14.7. The summed E-state index contributed by atoms with van der Waals surface area (Å²) in [4.78, 5) is 19.1. The number of hydrogen-bond acceptors (Lipinski definition) is 7. The Morgan fingerprint density at radius 2 is 2.03 bits per heavy atom. The third-order valence-electron chi connectivity index (χ3n) is 4.64. The Balaban J connectivity index is 1.97. The SMILES string of the molecule is CCC(=O)N1c2ccc(Cl)cc2-c2nnc(SC)nc2OC1c1ccc(C#N)cc1. The van der Waals surface area contributed by atoms with Crippen molar-refractivity contribution in [2.24, 2.45) is 0 Å². The zero-order chi connectivity index (χ0) is 21.3. The molecule has 0 radical (unpaired) electrons. The summed E-state index contributed by atoms with van der Waals surface area (Å²) in [5, 5.41) is 18.5. The molecule has 1 aromatic heterocycles. The van der Waals surface area contributed by atoms with Gasteiger partial charge < -0.3 is 4.74 Å². The van der Waals surface area contributed by atoms with E-state index in [-0.39, 0.29) is 18.2 Å². The summed E-state index contributed by atoms with van der Waals surface area (Å²) in [6.45, 7) is 1.79. The van der Waals surface area contributed by atoms with Crippen LogP contribution in [0.25, 0.3) is 11.3 Å². The number of carbonyl (C=O) groups excluding carboxylic acids is 1. The fraction of sp³-hybridized carbons (Fsp3) is 0.190. The van der Waals surface area contributed by atoms with Gasteiger partial charge in [-0.05, 0) is 36.6 Å². The predicted octanol–water partition coefficient (Wildman–Crippen LogP) is 4.62. The quantitative estimate of drug-likeness (QED) is 0.552. The van der Waals surface area contributed by atoms with E-state index in [9.17, 15) is 4.79 Å². The monoisotopic (exact) mass is 437 g/mol. The van der Waals surface area contributed by atoms with Gasteiger partial charge in [-0.2, -0.15) is 10.2 Å². The van der Waals surface area contributed by atoms with Gasteiger partial charge in [-0.25, -0.2) is 0 Å². The van der Waals surface area contributed by atoms with E-state index in [2.05, 4.69) is 21.3 Å². The molecule has 0 bridgehead atoms. The summed E-state index contributed by atoms with van der Waals surface area (Å²) in [7, 11) is 0. The highest BCUT2D eigenvalue weighted by molar-refractivity contribution is 7.98. The van der Waals surface area contributed by atoms with Crippen LogP contribution >= 0.6 is 23.4 Å². The molecular formula is C21H16ClN5O2S. The number of fused-ring (bicyclic) bond motifs is 3. The van der Waals surface area contributed by atoms with E-state index in [0.29, 0.717) is 38.3 Å². The first-order valence-corrected chi connectivity index (χ1v) is 10.7. The molecule has 0 fully saturated rings. The molecule has 2 heterocycles. The first-order valence-electron chi connectivity index (χ1n) is 9.13. The summed E-state index contributed by atoms with van der Waals surface area (Å²) < 4.78 is 6.27. The van der Waals surface area contributed by atoms with Gasteiger partial charge in [0.25, 0.3) is 0 Å². The van der Waals surface area contributed by atoms with E-state index in [4.69, 9.17) is 21.6 Å². The summed E-state index contributed by atoms with van der Waals surface area (Å²) in [6, 6.07) is 14.2. The van der Waals surface area contributed by atoms with Crippen LogP contribution in [0.4, 0.5) is 5.69 Å². The summed E-state index contributed by atoms with van der Waals surface area (Å²) >= 11 is 7.59. The molecular weight excluding hydrogens is 422 g/mol. The number of nitrogens with zero attached hydrogens (tertiary/aromatic N) is 5. The molecule has 1 amide bonds. The maximum absolute atomic E-state index is 13.0. The minimum Gasteiger partial charge on any atom is -0.447 e.